The quantitative estimate of drug-likeness (QED) is 0.487. The minimum atomic E-state index is -0.465. The molecule has 4 saturated heterocycles. The van der Waals surface area contributed by atoms with Crippen molar-refractivity contribution in [2.24, 2.45) is 0 Å². The molecule has 0 spiro atoms. The minimum absolute atomic E-state index is 0.105. The predicted molar refractivity (Wildman–Crippen MR) is 112 cm³/mol. The Morgan fingerprint density at radius 2 is 1.00 bits per heavy atom. The zero-order valence-electron chi connectivity index (χ0n) is 19.6. The second-order valence-electron chi connectivity index (χ2n) is 11.7. The van der Waals surface area contributed by atoms with Crippen molar-refractivity contribution in [2.45, 2.75) is 65.1 Å². The maximum Gasteiger partial charge on any atom is 0.362 e. The Hall–Kier alpha value is -1.22. The van der Waals surface area contributed by atoms with E-state index < -0.39 is 11.2 Å². The van der Waals surface area contributed by atoms with E-state index in [9.17, 15) is 9.59 Å². The lowest BCUT2D eigenvalue weighted by molar-refractivity contribution is -1.02. The van der Waals surface area contributed by atoms with E-state index in [1.54, 1.807) is 0 Å². The number of ether oxygens (including phenoxy) is 2. The van der Waals surface area contributed by atoms with Crippen molar-refractivity contribution in [1.82, 2.24) is 9.80 Å². The van der Waals surface area contributed by atoms with Gasteiger partial charge in [-0.3, -0.25) is 8.97 Å². The average Bonchev–Trinajstić information content (AvgIpc) is 3.09. The molecule has 0 N–H and O–H groups in total. The van der Waals surface area contributed by atoms with Gasteiger partial charge < -0.3 is 9.47 Å². The maximum absolute atomic E-state index is 12.8. The average molecular weight is 425 g/mol. The lowest BCUT2D eigenvalue weighted by Gasteiger charge is -2.55. The standard InChI is InChI=1S/C22H40N4O4/c1-21(2,3)29-17(27)15-25-11-7-23-10-14-26(16-18(28)30-22(4,5)6)12-8-24(9-13-25)20(26)19(23)25/h19-20H,7-16H2,1-6H3/q+2. The SMILES string of the molecule is CC(C)(C)OC(=O)C[N+]12CCN3CC[N+]4(CC(=O)OC(C)(C)C)CCN(CC1)C4C32. The molecule has 0 bridgehead atoms. The van der Waals surface area contributed by atoms with Gasteiger partial charge in [-0.25, -0.2) is 19.4 Å². The molecule has 4 fully saturated rings. The summed E-state index contributed by atoms with van der Waals surface area (Å²) in [5.41, 5.74) is -0.930. The fraction of sp³-hybridized carbons (Fsp3) is 0.909. The van der Waals surface area contributed by atoms with Crippen molar-refractivity contribution in [3.05, 3.63) is 0 Å². The number of quaternary nitrogens is 2. The summed E-state index contributed by atoms with van der Waals surface area (Å²) < 4.78 is 13.0. The molecule has 0 amide bonds. The van der Waals surface area contributed by atoms with Gasteiger partial charge in [-0.15, -0.1) is 0 Å². The lowest BCUT2D eigenvalue weighted by Crippen LogP contribution is -2.79. The third-order valence-electron chi connectivity index (χ3n) is 7.20. The van der Waals surface area contributed by atoms with E-state index in [-0.39, 0.29) is 24.3 Å². The molecule has 2 atom stereocenters. The molecule has 0 aromatic rings. The summed E-state index contributed by atoms with van der Waals surface area (Å²) in [7, 11) is 0. The highest BCUT2D eigenvalue weighted by atomic mass is 16.6. The van der Waals surface area contributed by atoms with Crippen molar-refractivity contribution in [1.29, 1.82) is 0 Å². The highest BCUT2D eigenvalue weighted by molar-refractivity contribution is 5.71. The number of hydrogen-bond donors (Lipinski definition) is 0. The number of rotatable bonds is 4. The van der Waals surface area contributed by atoms with E-state index in [0.717, 1.165) is 61.3 Å². The van der Waals surface area contributed by atoms with Crippen molar-refractivity contribution in [3.8, 4) is 0 Å². The minimum Gasteiger partial charge on any atom is -0.456 e. The highest BCUT2D eigenvalue weighted by Gasteiger charge is 2.68. The zero-order chi connectivity index (χ0) is 21.9. The fourth-order valence-corrected chi connectivity index (χ4v) is 6.22. The van der Waals surface area contributed by atoms with Gasteiger partial charge in [-0.05, 0) is 41.5 Å². The van der Waals surface area contributed by atoms with Crippen molar-refractivity contribution in [2.75, 3.05) is 65.4 Å². The van der Waals surface area contributed by atoms with Crippen LogP contribution in [0.1, 0.15) is 41.5 Å². The van der Waals surface area contributed by atoms with E-state index in [1.807, 2.05) is 41.5 Å². The van der Waals surface area contributed by atoms with Crippen LogP contribution in [0.5, 0.6) is 0 Å². The summed E-state index contributed by atoms with van der Waals surface area (Å²) in [5.74, 6) is -0.210. The largest absolute Gasteiger partial charge is 0.456 e. The molecule has 0 aromatic heterocycles. The molecule has 0 aromatic carbocycles. The number of piperazine rings is 2. The number of hydrogen-bond acceptors (Lipinski definition) is 6. The Labute approximate surface area is 180 Å². The van der Waals surface area contributed by atoms with Crippen LogP contribution in [-0.2, 0) is 19.1 Å². The van der Waals surface area contributed by atoms with Gasteiger partial charge in [0.1, 0.15) is 11.2 Å². The molecular weight excluding hydrogens is 384 g/mol. The lowest BCUT2D eigenvalue weighted by atomic mass is 10.1. The van der Waals surface area contributed by atoms with E-state index >= 15 is 0 Å². The van der Waals surface area contributed by atoms with Gasteiger partial charge in [-0.1, -0.05) is 0 Å². The molecule has 2 unspecified atom stereocenters. The highest BCUT2D eigenvalue weighted by Crippen LogP contribution is 2.43. The summed E-state index contributed by atoms with van der Waals surface area (Å²) >= 11 is 0. The summed E-state index contributed by atoms with van der Waals surface area (Å²) in [6.07, 6.45) is 0.509. The second kappa shape index (κ2) is 7.15. The smallest absolute Gasteiger partial charge is 0.362 e. The summed E-state index contributed by atoms with van der Waals surface area (Å²) in [5, 5.41) is 0. The molecule has 0 aliphatic carbocycles. The van der Waals surface area contributed by atoms with Crippen LogP contribution in [0.2, 0.25) is 0 Å². The topological polar surface area (TPSA) is 59.1 Å². The first kappa shape index (κ1) is 22.0. The van der Waals surface area contributed by atoms with E-state index in [1.165, 1.54) is 0 Å². The van der Waals surface area contributed by atoms with Gasteiger partial charge in [0.2, 0.25) is 12.3 Å². The maximum atomic E-state index is 12.8. The first-order valence-corrected chi connectivity index (χ1v) is 11.5. The molecule has 170 valence electrons. The molecule has 4 heterocycles. The summed E-state index contributed by atoms with van der Waals surface area (Å²) in [6.45, 7) is 20.3. The third kappa shape index (κ3) is 3.99. The molecule has 0 saturated carbocycles. The number of carbonyl (C=O) groups is 2. The molecule has 4 aliphatic rings. The zero-order valence-corrected chi connectivity index (χ0v) is 19.6. The van der Waals surface area contributed by atoms with Gasteiger partial charge >= 0.3 is 11.9 Å². The Morgan fingerprint density at radius 1 is 0.700 bits per heavy atom. The van der Waals surface area contributed by atoms with E-state index in [4.69, 9.17) is 9.47 Å². The monoisotopic (exact) mass is 424 g/mol. The molecule has 8 heteroatoms. The van der Waals surface area contributed by atoms with Crippen LogP contribution in [0.4, 0.5) is 0 Å². The van der Waals surface area contributed by atoms with Crippen LogP contribution < -0.4 is 0 Å². The Bertz CT molecular complexity index is 655. The van der Waals surface area contributed by atoms with Crippen LogP contribution in [-0.4, -0.2) is 120 Å². The molecule has 4 aliphatic heterocycles. The Balaban J connectivity index is 1.58. The summed E-state index contributed by atoms with van der Waals surface area (Å²) in [4.78, 5) is 30.8. The Morgan fingerprint density at radius 3 is 1.27 bits per heavy atom. The summed E-state index contributed by atoms with van der Waals surface area (Å²) in [6, 6.07) is 0. The third-order valence-corrected chi connectivity index (χ3v) is 7.20. The van der Waals surface area contributed by atoms with E-state index in [0.29, 0.717) is 13.1 Å². The number of carbonyl (C=O) groups excluding carboxylic acids is 2. The fourth-order valence-electron chi connectivity index (χ4n) is 6.22. The molecule has 8 nitrogen and oxygen atoms in total. The predicted octanol–water partition coefficient (Wildman–Crippen LogP) is 0.614. The molecule has 30 heavy (non-hydrogen) atoms. The first-order valence-electron chi connectivity index (χ1n) is 11.5. The first-order chi connectivity index (χ1) is 13.8. The van der Waals surface area contributed by atoms with Gasteiger partial charge in [-0.2, -0.15) is 0 Å². The van der Waals surface area contributed by atoms with Gasteiger partial charge in [0, 0.05) is 0 Å². The number of nitrogens with zero attached hydrogens (tertiary/aromatic N) is 4. The van der Waals surface area contributed by atoms with Crippen molar-refractivity contribution < 1.29 is 28.0 Å². The molecule has 4 rings (SSSR count). The van der Waals surface area contributed by atoms with Gasteiger partial charge in [0.05, 0.1) is 52.4 Å². The number of esters is 2. The van der Waals surface area contributed by atoms with E-state index in [2.05, 4.69) is 9.80 Å². The normalized spacial score (nSPS) is 36.5. The van der Waals surface area contributed by atoms with Crippen LogP contribution in [0.3, 0.4) is 0 Å². The second-order valence-corrected chi connectivity index (χ2v) is 11.7. The van der Waals surface area contributed by atoms with Crippen molar-refractivity contribution >= 4 is 11.9 Å². The molecular formula is C22H40N4O4+2. The Kier molecular flexibility index (Phi) is 5.24. The van der Waals surface area contributed by atoms with Crippen LogP contribution in [0, 0.1) is 0 Å². The van der Waals surface area contributed by atoms with Gasteiger partial charge in [0.15, 0.2) is 13.1 Å². The van der Waals surface area contributed by atoms with Crippen LogP contribution >= 0.6 is 0 Å². The van der Waals surface area contributed by atoms with Gasteiger partial charge in [0.25, 0.3) is 0 Å². The molecule has 0 radical (unpaired) electrons. The van der Waals surface area contributed by atoms with Crippen molar-refractivity contribution in [3.63, 3.8) is 0 Å². The van der Waals surface area contributed by atoms with Crippen LogP contribution in [0.15, 0.2) is 0 Å². The van der Waals surface area contributed by atoms with Crippen LogP contribution in [0.25, 0.3) is 0 Å².